The second-order valence-electron chi connectivity index (χ2n) is 6.22. The maximum absolute atomic E-state index is 13.1. The average Bonchev–Trinajstić information content (AvgIpc) is 2.72. The summed E-state index contributed by atoms with van der Waals surface area (Å²) >= 11 is 7.38. The molecule has 1 unspecified atom stereocenters. The van der Waals surface area contributed by atoms with Crippen LogP contribution in [0.5, 0.6) is 0 Å². The van der Waals surface area contributed by atoms with Crippen LogP contribution in [0, 0.1) is 0 Å². The number of amides is 3. The van der Waals surface area contributed by atoms with E-state index in [4.69, 9.17) is 11.6 Å². The highest BCUT2D eigenvalue weighted by Gasteiger charge is 2.21. The van der Waals surface area contributed by atoms with Crippen LogP contribution in [0.3, 0.4) is 0 Å². The Hall–Kier alpha value is -2.84. The van der Waals surface area contributed by atoms with Gasteiger partial charge in [-0.1, -0.05) is 53.7 Å². The second-order valence-corrected chi connectivity index (χ2v) is 7.94. The molecule has 2 N–H and O–H groups in total. The summed E-state index contributed by atoms with van der Waals surface area (Å²) in [6, 6.07) is 13.7. The number of fused-ring (bicyclic) bond motifs is 1. The van der Waals surface area contributed by atoms with Gasteiger partial charge in [-0.05, 0) is 30.7 Å². The van der Waals surface area contributed by atoms with Gasteiger partial charge in [0.05, 0.1) is 22.7 Å². The summed E-state index contributed by atoms with van der Waals surface area (Å²) in [6.07, 6.45) is 0. The van der Waals surface area contributed by atoms with E-state index in [1.54, 1.807) is 37.3 Å². The Labute approximate surface area is 176 Å². The zero-order valence-corrected chi connectivity index (χ0v) is 17.4. The summed E-state index contributed by atoms with van der Waals surface area (Å²) < 4.78 is 1.50. The van der Waals surface area contributed by atoms with E-state index >= 15 is 0 Å². The number of rotatable bonds is 5. The highest BCUT2D eigenvalue weighted by molar-refractivity contribution is 8.00. The van der Waals surface area contributed by atoms with Gasteiger partial charge in [0.25, 0.3) is 5.56 Å². The standard InChI is InChI=1S/C20H19ClN4O3S/c1-12(17(26)24-19(28)22-2)29-20-23-16-10-6-4-8-14(16)18(27)25(20)11-13-7-3-5-9-15(13)21/h3-10,12H,11H2,1-2H3,(H2,22,24,26,28). The zero-order chi connectivity index (χ0) is 21.0. The molecule has 0 aliphatic heterocycles. The molecular weight excluding hydrogens is 412 g/mol. The molecular formula is C20H19ClN4O3S. The van der Waals surface area contributed by atoms with Crippen molar-refractivity contribution in [2.75, 3.05) is 7.05 Å². The largest absolute Gasteiger partial charge is 0.341 e. The third-order valence-electron chi connectivity index (χ3n) is 4.23. The number of hydrogen-bond acceptors (Lipinski definition) is 5. The number of hydrogen-bond donors (Lipinski definition) is 2. The van der Waals surface area contributed by atoms with Gasteiger partial charge in [-0.25, -0.2) is 9.78 Å². The van der Waals surface area contributed by atoms with E-state index < -0.39 is 17.2 Å². The van der Waals surface area contributed by atoms with Crippen molar-refractivity contribution in [1.82, 2.24) is 20.2 Å². The lowest BCUT2D eigenvalue weighted by Crippen LogP contribution is -2.41. The maximum Gasteiger partial charge on any atom is 0.321 e. The van der Waals surface area contributed by atoms with E-state index in [1.165, 1.54) is 11.6 Å². The van der Waals surface area contributed by atoms with Gasteiger partial charge in [-0.3, -0.25) is 19.5 Å². The second kappa shape index (κ2) is 9.11. The van der Waals surface area contributed by atoms with Gasteiger partial charge in [-0.2, -0.15) is 0 Å². The van der Waals surface area contributed by atoms with Crippen LogP contribution >= 0.6 is 23.4 Å². The Bertz CT molecular complexity index is 1130. The molecule has 3 rings (SSSR count). The van der Waals surface area contributed by atoms with Crippen molar-refractivity contribution in [2.45, 2.75) is 23.9 Å². The van der Waals surface area contributed by atoms with Crippen molar-refractivity contribution in [2.24, 2.45) is 0 Å². The van der Waals surface area contributed by atoms with Crippen LogP contribution in [-0.4, -0.2) is 33.8 Å². The van der Waals surface area contributed by atoms with E-state index in [9.17, 15) is 14.4 Å². The van der Waals surface area contributed by atoms with Crippen molar-refractivity contribution in [3.63, 3.8) is 0 Å². The predicted molar refractivity (Wildman–Crippen MR) is 114 cm³/mol. The number of para-hydroxylation sites is 1. The molecule has 0 saturated heterocycles. The fourth-order valence-electron chi connectivity index (χ4n) is 2.66. The van der Waals surface area contributed by atoms with Gasteiger partial charge >= 0.3 is 6.03 Å². The molecule has 0 aliphatic rings. The quantitative estimate of drug-likeness (QED) is 0.479. The molecule has 0 aliphatic carbocycles. The monoisotopic (exact) mass is 430 g/mol. The topological polar surface area (TPSA) is 93.1 Å². The molecule has 3 amide bonds. The van der Waals surface area contributed by atoms with E-state index in [1.807, 2.05) is 18.2 Å². The van der Waals surface area contributed by atoms with Crippen LogP contribution in [0.2, 0.25) is 5.02 Å². The number of nitrogens with zero attached hydrogens (tertiary/aromatic N) is 2. The SMILES string of the molecule is CNC(=O)NC(=O)C(C)Sc1nc2ccccc2c(=O)n1Cc1ccccc1Cl. The average molecular weight is 431 g/mol. The first-order valence-corrected chi connectivity index (χ1v) is 10.1. The molecule has 1 atom stereocenters. The van der Waals surface area contributed by atoms with Crippen molar-refractivity contribution in [3.05, 3.63) is 69.5 Å². The molecule has 0 fully saturated rings. The zero-order valence-electron chi connectivity index (χ0n) is 15.8. The predicted octanol–water partition coefficient (Wildman–Crippen LogP) is 3.03. The third-order valence-corrected chi connectivity index (χ3v) is 5.69. The molecule has 2 aromatic carbocycles. The van der Waals surface area contributed by atoms with E-state index in [2.05, 4.69) is 15.6 Å². The van der Waals surface area contributed by atoms with Crippen LogP contribution in [0.25, 0.3) is 10.9 Å². The summed E-state index contributed by atoms with van der Waals surface area (Å²) in [6.45, 7) is 1.85. The molecule has 7 nitrogen and oxygen atoms in total. The summed E-state index contributed by atoms with van der Waals surface area (Å²) in [5.74, 6) is -0.485. The van der Waals surface area contributed by atoms with Crippen molar-refractivity contribution < 1.29 is 9.59 Å². The Morgan fingerprint density at radius 2 is 1.86 bits per heavy atom. The van der Waals surface area contributed by atoms with Crippen LogP contribution in [0.15, 0.2) is 58.5 Å². The lowest BCUT2D eigenvalue weighted by Gasteiger charge is -2.16. The summed E-state index contributed by atoms with van der Waals surface area (Å²) in [4.78, 5) is 41.4. The first kappa shape index (κ1) is 20.9. The van der Waals surface area contributed by atoms with Gasteiger partial charge in [0, 0.05) is 12.1 Å². The molecule has 29 heavy (non-hydrogen) atoms. The molecule has 1 aromatic heterocycles. The van der Waals surface area contributed by atoms with Crippen LogP contribution in [-0.2, 0) is 11.3 Å². The molecule has 0 spiro atoms. The first-order chi connectivity index (χ1) is 13.9. The van der Waals surface area contributed by atoms with Crippen LogP contribution in [0.4, 0.5) is 4.79 Å². The smallest absolute Gasteiger partial charge is 0.321 e. The number of imide groups is 1. The van der Waals surface area contributed by atoms with E-state index in [0.29, 0.717) is 21.1 Å². The number of urea groups is 1. The van der Waals surface area contributed by atoms with Gasteiger partial charge in [0.1, 0.15) is 0 Å². The third kappa shape index (κ3) is 4.78. The molecule has 3 aromatic rings. The van der Waals surface area contributed by atoms with Crippen molar-refractivity contribution >= 4 is 46.2 Å². The Morgan fingerprint density at radius 3 is 2.59 bits per heavy atom. The number of halogens is 1. The molecule has 150 valence electrons. The number of carbonyl (C=O) groups is 2. The molecule has 1 heterocycles. The summed E-state index contributed by atoms with van der Waals surface area (Å²) in [5.41, 5.74) is 1.07. The van der Waals surface area contributed by atoms with Gasteiger partial charge in [0.2, 0.25) is 5.91 Å². The summed E-state index contributed by atoms with van der Waals surface area (Å²) in [5, 5.41) is 5.29. The highest BCUT2D eigenvalue weighted by atomic mass is 35.5. The first-order valence-electron chi connectivity index (χ1n) is 8.83. The molecule has 0 saturated carbocycles. The van der Waals surface area contributed by atoms with Crippen molar-refractivity contribution in [1.29, 1.82) is 0 Å². The number of benzene rings is 2. The van der Waals surface area contributed by atoms with E-state index in [0.717, 1.165) is 17.3 Å². The van der Waals surface area contributed by atoms with Gasteiger partial charge in [-0.15, -0.1) is 0 Å². The van der Waals surface area contributed by atoms with E-state index in [-0.39, 0.29) is 12.1 Å². The maximum atomic E-state index is 13.1. The Balaban J connectivity index is 2.02. The number of thioether (sulfide) groups is 1. The lowest BCUT2D eigenvalue weighted by atomic mass is 10.2. The minimum atomic E-state index is -0.655. The normalized spacial score (nSPS) is 11.8. The fourth-order valence-corrected chi connectivity index (χ4v) is 3.77. The fraction of sp³-hybridized carbons (Fsp3) is 0.200. The molecule has 0 radical (unpaired) electrons. The molecule has 0 bridgehead atoms. The van der Waals surface area contributed by atoms with Crippen LogP contribution < -0.4 is 16.2 Å². The van der Waals surface area contributed by atoms with Crippen LogP contribution in [0.1, 0.15) is 12.5 Å². The number of nitrogens with one attached hydrogen (secondary N) is 2. The molecule has 9 heteroatoms. The number of aromatic nitrogens is 2. The summed E-state index contributed by atoms with van der Waals surface area (Å²) in [7, 11) is 1.42. The van der Waals surface area contributed by atoms with Crippen molar-refractivity contribution in [3.8, 4) is 0 Å². The highest BCUT2D eigenvalue weighted by Crippen LogP contribution is 2.24. The Kier molecular flexibility index (Phi) is 6.56. The Morgan fingerprint density at radius 1 is 1.17 bits per heavy atom. The number of carbonyl (C=O) groups excluding carboxylic acids is 2. The lowest BCUT2D eigenvalue weighted by molar-refractivity contribution is -0.119. The van der Waals surface area contributed by atoms with Gasteiger partial charge in [0.15, 0.2) is 5.16 Å². The van der Waals surface area contributed by atoms with Gasteiger partial charge < -0.3 is 5.32 Å². The minimum Gasteiger partial charge on any atom is -0.341 e. The minimum absolute atomic E-state index is 0.211.